The average Bonchev–Trinajstić information content (AvgIpc) is 2.47. The van der Waals surface area contributed by atoms with Crippen molar-refractivity contribution in [2.75, 3.05) is 0 Å². The van der Waals surface area contributed by atoms with Gasteiger partial charge in [0.25, 0.3) is 10.2 Å². The van der Waals surface area contributed by atoms with Gasteiger partial charge in [0.1, 0.15) is 0 Å². The number of hydrogen-bond acceptors (Lipinski definition) is 4. The molecule has 0 fully saturated rings. The summed E-state index contributed by atoms with van der Waals surface area (Å²) < 4.78 is 29.0. The molecule has 0 bridgehead atoms. The maximum Gasteiger partial charge on any atom is 0.277 e. The van der Waals surface area contributed by atoms with Gasteiger partial charge in [0.15, 0.2) is 0 Å². The van der Waals surface area contributed by atoms with Crippen LogP contribution in [-0.4, -0.2) is 24.4 Å². The molecule has 0 unspecified atom stereocenters. The molecule has 2 N–H and O–H groups in total. The van der Waals surface area contributed by atoms with Crippen LogP contribution in [0.15, 0.2) is 48.9 Å². The van der Waals surface area contributed by atoms with E-state index < -0.39 is 10.2 Å². The highest BCUT2D eigenvalue weighted by atomic mass is 32.2. The fraction of sp³-hybridized carbons (Fsp3) is 0.286. The minimum atomic E-state index is -3.55. The van der Waals surface area contributed by atoms with Crippen molar-refractivity contribution in [2.24, 2.45) is 0 Å². The van der Waals surface area contributed by atoms with Crippen LogP contribution in [0.4, 0.5) is 0 Å². The molecule has 6 nitrogen and oxygen atoms in total. The van der Waals surface area contributed by atoms with Crippen molar-refractivity contribution in [3.05, 3.63) is 60.2 Å². The SMILES string of the molecule is C[C@H](Cc1cnccn1)NS(=O)(=O)NCc1ccccc1. The summed E-state index contributed by atoms with van der Waals surface area (Å²) in [7, 11) is -3.55. The molecule has 0 amide bonds. The molecule has 0 saturated carbocycles. The van der Waals surface area contributed by atoms with Gasteiger partial charge in [-0.1, -0.05) is 30.3 Å². The van der Waals surface area contributed by atoms with Gasteiger partial charge in [-0.25, -0.2) is 0 Å². The largest absolute Gasteiger partial charge is 0.277 e. The van der Waals surface area contributed by atoms with E-state index in [2.05, 4.69) is 19.4 Å². The Labute approximate surface area is 124 Å². The average molecular weight is 306 g/mol. The smallest absolute Gasteiger partial charge is 0.261 e. The van der Waals surface area contributed by atoms with Gasteiger partial charge in [0.05, 0.1) is 5.69 Å². The minimum Gasteiger partial charge on any atom is -0.261 e. The summed E-state index contributed by atoms with van der Waals surface area (Å²) in [5, 5.41) is 0. The Balaban J connectivity index is 1.85. The third-order valence-electron chi connectivity index (χ3n) is 2.80. The van der Waals surface area contributed by atoms with Crippen molar-refractivity contribution in [1.82, 2.24) is 19.4 Å². The first-order valence-corrected chi connectivity index (χ1v) is 8.09. The topological polar surface area (TPSA) is 84.0 Å². The number of benzene rings is 1. The maximum absolute atomic E-state index is 11.9. The summed E-state index contributed by atoms with van der Waals surface area (Å²) >= 11 is 0. The van der Waals surface area contributed by atoms with Gasteiger partial charge in [-0.2, -0.15) is 17.9 Å². The van der Waals surface area contributed by atoms with Gasteiger partial charge in [-0.15, -0.1) is 0 Å². The highest BCUT2D eigenvalue weighted by molar-refractivity contribution is 7.87. The molecule has 7 heteroatoms. The monoisotopic (exact) mass is 306 g/mol. The predicted octanol–water partition coefficient (Wildman–Crippen LogP) is 1.03. The minimum absolute atomic E-state index is 0.258. The molecule has 2 rings (SSSR count). The molecule has 112 valence electrons. The van der Waals surface area contributed by atoms with Crippen molar-refractivity contribution in [3.8, 4) is 0 Å². The van der Waals surface area contributed by atoms with Gasteiger partial charge in [0.2, 0.25) is 0 Å². The third kappa shape index (κ3) is 5.58. The summed E-state index contributed by atoms with van der Waals surface area (Å²) in [5.74, 6) is 0. The Kier molecular flexibility index (Phi) is 5.38. The summed E-state index contributed by atoms with van der Waals surface area (Å²) in [6.45, 7) is 2.05. The Bertz CT molecular complexity index is 647. The Morgan fingerprint density at radius 3 is 2.62 bits per heavy atom. The second-order valence-electron chi connectivity index (χ2n) is 4.73. The molecule has 0 saturated heterocycles. The molecular weight excluding hydrogens is 288 g/mol. The molecule has 1 atom stereocenters. The molecule has 0 aliphatic carbocycles. The lowest BCUT2D eigenvalue weighted by atomic mass is 10.2. The number of aromatic nitrogens is 2. The Morgan fingerprint density at radius 1 is 1.19 bits per heavy atom. The molecule has 1 aromatic heterocycles. The zero-order valence-corrected chi connectivity index (χ0v) is 12.5. The molecule has 0 radical (unpaired) electrons. The molecule has 0 spiro atoms. The molecule has 1 heterocycles. The van der Waals surface area contributed by atoms with Gasteiger partial charge in [-0.05, 0) is 12.5 Å². The first kappa shape index (κ1) is 15.6. The molecule has 0 aliphatic heterocycles. The van der Waals surface area contributed by atoms with Crippen molar-refractivity contribution < 1.29 is 8.42 Å². The van der Waals surface area contributed by atoms with Crippen LogP contribution in [0.5, 0.6) is 0 Å². The summed E-state index contributed by atoms with van der Waals surface area (Å²) in [6.07, 6.45) is 5.28. The predicted molar refractivity (Wildman–Crippen MR) is 80.5 cm³/mol. The fourth-order valence-corrected chi connectivity index (χ4v) is 2.92. The van der Waals surface area contributed by atoms with E-state index in [1.165, 1.54) is 0 Å². The standard InChI is InChI=1S/C14H18N4O2S/c1-12(9-14-11-15-7-8-16-14)18-21(19,20)17-10-13-5-3-2-4-6-13/h2-8,11-12,17-18H,9-10H2,1H3/t12-/m1/s1. The van der Waals surface area contributed by atoms with E-state index in [1.54, 1.807) is 25.5 Å². The zero-order chi connectivity index (χ0) is 15.1. The summed E-state index contributed by atoms with van der Waals surface area (Å²) in [5.41, 5.74) is 1.65. The van der Waals surface area contributed by atoms with Crippen LogP contribution in [0.3, 0.4) is 0 Å². The first-order valence-electron chi connectivity index (χ1n) is 6.61. The number of nitrogens with one attached hydrogen (secondary N) is 2. The summed E-state index contributed by atoms with van der Waals surface area (Å²) in [6, 6.07) is 9.09. The first-order chi connectivity index (χ1) is 10.1. The van der Waals surface area contributed by atoms with Gasteiger partial charge in [-0.3, -0.25) is 9.97 Å². The molecule has 0 aliphatic rings. The van der Waals surface area contributed by atoms with Crippen LogP contribution in [0.1, 0.15) is 18.2 Å². The van der Waals surface area contributed by atoms with Crippen LogP contribution >= 0.6 is 0 Å². The lowest BCUT2D eigenvalue weighted by Gasteiger charge is -2.14. The molecule has 2 aromatic rings. The fourth-order valence-electron chi connectivity index (χ4n) is 1.87. The molecule has 1 aromatic carbocycles. The lowest BCUT2D eigenvalue weighted by molar-refractivity contribution is 0.544. The Morgan fingerprint density at radius 2 is 1.95 bits per heavy atom. The second-order valence-corrected chi connectivity index (χ2v) is 6.26. The van der Waals surface area contributed by atoms with E-state index in [0.717, 1.165) is 11.3 Å². The van der Waals surface area contributed by atoms with E-state index >= 15 is 0 Å². The lowest BCUT2D eigenvalue weighted by Crippen LogP contribution is -2.42. The van der Waals surface area contributed by atoms with Crippen LogP contribution < -0.4 is 9.44 Å². The molecular formula is C14H18N4O2S. The molecule has 21 heavy (non-hydrogen) atoms. The van der Waals surface area contributed by atoms with Crippen molar-refractivity contribution in [3.63, 3.8) is 0 Å². The number of rotatable bonds is 7. The summed E-state index contributed by atoms with van der Waals surface area (Å²) in [4.78, 5) is 8.08. The van der Waals surface area contributed by atoms with Crippen LogP contribution in [0.25, 0.3) is 0 Å². The van der Waals surface area contributed by atoms with E-state index in [1.807, 2.05) is 30.3 Å². The number of nitrogens with zero attached hydrogens (tertiary/aromatic N) is 2. The van der Waals surface area contributed by atoms with Gasteiger partial charge >= 0.3 is 0 Å². The maximum atomic E-state index is 11.9. The van der Waals surface area contributed by atoms with E-state index in [-0.39, 0.29) is 12.6 Å². The quantitative estimate of drug-likeness (QED) is 0.800. The van der Waals surface area contributed by atoms with E-state index in [0.29, 0.717) is 6.42 Å². The van der Waals surface area contributed by atoms with E-state index in [4.69, 9.17) is 0 Å². The van der Waals surface area contributed by atoms with Crippen LogP contribution in [-0.2, 0) is 23.2 Å². The van der Waals surface area contributed by atoms with Crippen molar-refractivity contribution in [2.45, 2.75) is 25.9 Å². The van der Waals surface area contributed by atoms with Gasteiger partial charge in [0, 0.05) is 37.6 Å². The van der Waals surface area contributed by atoms with Crippen molar-refractivity contribution in [1.29, 1.82) is 0 Å². The van der Waals surface area contributed by atoms with Gasteiger partial charge < -0.3 is 0 Å². The second kappa shape index (κ2) is 7.26. The van der Waals surface area contributed by atoms with Crippen molar-refractivity contribution >= 4 is 10.2 Å². The third-order valence-corrected chi connectivity index (χ3v) is 4.03. The number of hydrogen-bond donors (Lipinski definition) is 2. The normalized spacial score (nSPS) is 13.0. The van der Waals surface area contributed by atoms with E-state index in [9.17, 15) is 8.42 Å². The highest BCUT2D eigenvalue weighted by Gasteiger charge is 2.14. The zero-order valence-electron chi connectivity index (χ0n) is 11.7. The van der Waals surface area contributed by atoms with Crippen LogP contribution in [0, 0.1) is 0 Å². The Hall–Kier alpha value is -1.83. The highest BCUT2D eigenvalue weighted by Crippen LogP contribution is 2.00. The van der Waals surface area contributed by atoms with Crippen LogP contribution in [0.2, 0.25) is 0 Å².